The van der Waals surface area contributed by atoms with Crippen LogP contribution >= 0.6 is 0 Å². The summed E-state index contributed by atoms with van der Waals surface area (Å²) in [5.74, 6) is -0.788. The standard InChI is InChI=1S/C7H7N5O3S/c1-16(14,15)7-9-2-3-4(10-7)5(6(8)13)12-11-3/h2H,1H3,(H2,8,13)(H,11,12). The lowest BCUT2D eigenvalue weighted by molar-refractivity contribution is 0.0997. The van der Waals surface area contributed by atoms with Gasteiger partial charge in [0.1, 0.15) is 11.0 Å². The number of nitrogens with zero attached hydrogens (tertiary/aromatic N) is 3. The fraction of sp³-hybridized carbons (Fsp3) is 0.143. The van der Waals surface area contributed by atoms with Crippen LogP contribution in [0.3, 0.4) is 0 Å². The lowest BCUT2D eigenvalue weighted by atomic mass is 10.3. The average Bonchev–Trinajstić information content (AvgIpc) is 2.58. The number of rotatable bonds is 2. The Morgan fingerprint density at radius 2 is 2.19 bits per heavy atom. The smallest absolute Gasteiger partial charge is 0.271 e. The summed E-state index contributed by atoms with van der Waals surface area (Å²) in [4.78, 5) is 18.3. The van der Waals surface area contributed by atoms with Gasteiger partial charge in [0.25, 0.3) is 5.91 Å². The molecule has 0 saturated carbocycles. The van der Waals surface area contributed by atoms with E-state index in [1.807, 2.05) is 0 Å². The normalized spacial score (nSPS) is 11.8. The number of hydrogen-bond acceptors (Lipinski definition) is 6. The van der Waals surface area contributed by atoms with Crippen LogP contribution in [0.4, 0.5) is 0 Å². The van der Waals surface area contributed by atoms with E-state index in [1.165, 1.54) is 6.20 Å². The van der Waals surface area contributed by atoms with Crippen molar-refractivity contribution in [1.29, 1.82) is 0 Å². The molecule has 0 fully saturated rings. The molecule has 1 amide bonds. The van der Waals surface area contributed by atoms with Crippen LogP contribution in [-0.4, -0.2) is 40.7 Å². The molecule has 9 heteroatoms. The first-order valence-corrected chi connectivity index (χ1v) is 5.99. The Labute approximate surface area is 89.8 Å². The second-order valence-electron chi connectivity index (χ2n) is 3.12. The van der Waals surface area contributed by atoms with Crippen LogP contribution in [-0.2, 0) is 9.84 Å². The van der Waals surface area contributed by atoms with Crippen molar-refractivity contribution in [3.63, 3.8) is 0 Å². The van der Waals surface area contributed by atoms with E-state index in [-0.39, 0.29) is 16.4 Å². The molecule has 2 heterocycles. The van der Waals surface area contributed by atoms with E-state index in [1.54, 1.807) is 0 Å². The van der Waals surface area contributed by atoms with Gasteiger partial charge >= 0.3 is 0 Å². The van der Waals surface area contributed by atoms with Crippen molar-refractivity contribution in [1.82, 2.24) is 20.2 Å². The van der Waals surface area contributed by atoms with Crippen LogP contribution in [0.1, 0.15) is 10.5 Å². The second-order valence-corrected chi connectivity index (χ2v) is 5.03. The van der Waals surface area contributed by atoms with Gasteiger partial charge in [-0.05, 0) is 0 Å². The summed E-state index contributed by atoms with van der Waals surface area (Å²) in [6, 6.07) is 0. The van der Waals surface area contributed by atoms with Gasteiger partial charge in [0.2, 0.25) is 15.0 Å². The predicted octanol–water partition coefficient (Wildman–Crippen LogP) is -1.14. The Kier molecular flexibility index (Phi) is 2.12. The molecule has 0 aromatic carbocycles. The zero-order valence-corrected chi connectivity index (χ0v) is 8.95. The Balaban J connectivity index is 2.78. The summed E-state index contributed by atoms with van der Waals surface area (Å²) in [6.07, 6.45) is 2.20. The molecule has 0 unspecified atom stereocenters. The quantitative estimate of drug-likeness (QED) is 0.638. The third kappa shape index (κ3) is 1.60. The van der Waals surface area contributed by atoms with Gasteiger partial charge in [-0.3, -0.25) is 9.89 Å². The minimum absolute atomic E-state index is 0.0999. The number of fused-ring (bicyclic) bond motifs is 1. The van der Waals surface area contributed by atoms with E-state index in [4.69, 9.17) is 5.73 Å². The number of carbonyl (C=O) groups excluding carboxylic acids is 1. The molecule has 0 saturated heterocycles. The molecule has 8 nitrogen and oxygen atoms in total. The van der Waals surface area contributed by atoms with Crippen molar-refractivity contribution >= 4 is 26.8 Å². The molecule has 0 aliphatic heterocycles. The first-order valence-electron chi connectivity index (χ1n) is 4.10. The van der Waals surface area contributed by atoms with Crippen LogP contribution in [0.25, 0.3) is 11.0 Å². The van der Waals surface area contributed by atoms with Crippen LogP contribution in [0.15, 0.2) is 11.4 Å². The summed E-state index contributed by atoms with van der Waals surface area (Å²) in [5, 5.41) is 5.73. The molecule has 2 aromatic rings. The van der Waals surface area contributed by atoms with Gasteiger partial charge in [0.05, 0.1) is 6.20 Å². The van der Waals surface area contributed by atoms with Crippen LogP contribution in [0.5, 0.6) is 0 Å². The minimum atomic E-state index is -3.53. The zero-order valence-electron chi connectivity index (χ0n) is 8.13. The first-order chi connectivity index (χ1) is 7.39. The van der Waals surface area contributed by atoms with Gasteiger partial charge in [-0.15, -0.1) is 0 Å². The summed E-state index contributed by atoms with van der Waals surface area (Å²) in [7, 11) is -3.53. The fourth-order valence-corrected chi connectivity index (χ4v) is 1.65. The number of amides is 1. The highest BCUT2D eigenvalue weighted by Crippen LogP contribution is 2.13. The predicted molar refractivity (Wildman–Crippen MR) is 53.3 cm³/mol. The molecule has 2 rings (SSSR count). The van der Waals surface area contributed by atoms with Crippen molar-refractivity contribution in [2.75, 3.05) is 6.26 Å². The highest BCUT2D eigenvalue weighted by Gasteiger charge is 2.17. The molecule has 0 aliphatic rings. The number of aromatic nitrogens is 4. The summed E-state index contributed by atoms with van der Waals surface area (Å²) in [6.45, 7) is 0. The molecule has 0 atom stereocenters. The number of sulfone groups is 1. The number of carbonyl (C=O) groups is 1. The average molecular weight is 241 g/mol. The minimum Gasteiger partial charge on any atom is -0.364 e. The molecule has 2 aromatic heterocycles. The van der Waals surface area contributed by atoms with Crippen molar-refractivity contribution in [3.05, 3.63) is 11.9 Å². The van der Waals surface area contributed by atoms with Gasteiger partial charge in [-0.25, -0.2) is 18.4 Å². The highest BCUT2D eigenvalue weighted by molar-refractivity contribution is 7.90. The largest absolute Gasteiger partial charge is 0.364 e. The van der Waals surface area contributed by atoms with Gasteiger partial charge in [-0.1, -0.05) is 0 Å². The lowest BCUT2D eigenvalue weighted by Gasteiger charge is -1.95. The third-order valence-electron chi connectivity index (χ3n) is 1.84. The second kappa shape index (κ2) is 3.23. The van der Waals surface area contributed by atoms with Crippen LogP contribution in [0.2, 0.25) is 0 Å². The number of primary amides is 1. The van der Waals surface area contributed by atoms with Crippen LogP contribution < -0.4 is 5.73 Å². The maximum absolute atomic E-state index is 11.2. The van der Waals surface area contributed by atoms with Crippen molar-refractivity contribution in [2.45, 2.75) is 5.16 Å². The van der Waals surface area contributed by atoms with E-state index < -0.39 is 15.7 Å². The van der Waals surface area contributed by atoms with Crippen LogP contribution in [0, 0.1) is 0 Å². The molecule has 0 spiro atoms. The maximum atomic E-state index is 11.2. The lowest BCUT2D eigenvalue weighted by Crippen LogP contribution is -2.12. The number of hydrogen-bond donors (Lipinski definition) is 2. The van der Waals surface area contributed by atoms with E-state index in [9.17, 15) is 13.2 Å². The molecule has 0 aliphatic carbocycles. The zero-order chi connectivity index (χ0) is 11.9. The molecule has 84 valence electrons. The van der Waals surface area contributed by atoms with Crippen molar-refractivity contribution < 1.29 is 13.2 Å². The summed E-state index contributed by atoms with van der Waals surface area (Å²) >= 11 is 0. The monoisotopic (exact) mass is 241 g/mol. The molecule has 3 N–H and O–H groups in total. The van der Waals surface area contributed by atoms with Crippen molar-refractivity contribution in [2.24, 2.45) is 5.73 Å². The van der Waals surface area contributed by atoms with Gasteiger partial charge in [0.15, 0.2) is 5.69 Å². The number of aromatic amines is 1. The summed E-state index contributed by atoms with van der Waals surface area (Å²) in [5.41, 5.74) is 5.39. The summed E-state index contributed by atoms with van der Waals surface area (Å²) < 4.78 is 22.4. The number of nitrogens with one attached hydrogen (secondary N) is 1. The number of H-pyrrole nitrogens is 1. The Morgan fingerprint density at radius 3 is 2.75 bits per heavy atom. The van der Waals surface area contributed by atoms with Gasteiger partial charge < -0.3 is 5.73 Å². The molecular formula is C7H7N5O3S. The topological polar surface area (TPSA) is 132 Å². The first kappa shape index (κ1) is 10.5. The molecule has 16 heavy (non-hydrogen) atoms. The van der Waals surface area contributed by atoms with E-state index in [0.29, 0.717) is 5.52 Å². The Hall–Kier alpha value is -2.03. The third-order valence-corrected chi connectivity index (χ3v) is 2.70. The van der Waals surface area contributed by atoms with E-state index >= 15 is 0 Å². The van der Waals surface area contributed by atoms with Crippen molar-refractivity contribution in [3.8, 4) is 0 Å². The van der Waals surface area contributed by atoms with E-state index in [2.05, 4.69) is 20.2 Å². The molecular weight excluding hydrogens is 234 g/mol. The highest BCUT2D eigenvalue weighted by atomic mass is 32.2. The maximum Gasteiger partial charge on any atom is 0.271 e. The SMILES string of the molecule is CS(=O)(=O)c1ncc2[nH]nc(C(N)=O)c2n1. The molecule has 0 radical (unpaired) electrons. The fourth-order valence-electron chi connectivity index (χ4n) is 1.15. The van der Waals surface area contributed by atoms with E-state index in [0.717, 1.165) is 6.26 Å². The Bertz CT molecular complexity index is 674. The molecule has 0 bridgehead atoms. The number of nitrogens with two attached hydrogens (primary N) is 1. The Morgan fingerprint density at radius 1 is 1.50 bits per heavy atom. The van der Waals surface area contributed by atoms with Gasteiger partial charge in [0, 0.05) is 6.26 Å². The van der Waals surface area contributed by atoms with Gasteiger partial charge in [-0.2, -0.15) is 5.10 Å².